The van der Waals surface area contributed by atoms with E-state index in [0.29, 0.717) is 11.4 Å². The molecule has 2 N–H and O–H groups in total. The monoisotopic (exact) mass is 386 g/mol. The highest BCUT2D eigenvalue weighted by atomic mass is 32.2. The van der Waals surface area contributed by atoms with Gasteiger partial charge in [-0.2, -0.15) is 0 Å². The van der Waals surface area contributed by atoms with Gasteiger partial charge in [0.2, 0.25) is 0 Å². The van der Waals surface area contributed by atoms with Gasteiger partial charge in [-0.05, 0) is 42.3 Å². The minimum absolute atomic E-state index is 0.103. The minimum Gasteiger partial charge on any atom is -0.364 e. The van der Waals surface area contributed by atoms with E-state index in [9.17, 15) is 12.8 Å². The molecule has 0 bridgehead atoms. The SMILES string of the molecule is CCc1ccc(S(=O)(=O)Nc2ccc(NCc3ccccc3F)nn2)cc1. The molecule has 1 heterocycles. The molecule has 0 aliphatic rings. The van der Waals surface area contributed by atoms with Crippen molar-refractivity contribution in [2.24, 2.45) is 0 Å². The van der Waals surface area contributed by atoms with Crippen LogP contribution in [0.15, 0.2) is 65.6 Å². The summed E-state index contributed by atoms with van der Waals surface area (Å²) >= 11 is 0. The Balaban J connectivity index is 1.65. The molecule has 0 aliphatic heterocycles. The molecule has 0 spiro atoms. The Morgan fingerprint density at radius 3 is 2.22 bits per heavy atom. The van der Waals surface area contributed by atoms with Crippen LogP contribution in [0, 0.1) is 5.82 Å². The second-order valence-corrected chi connectivity index (χ2v) is 7.53. The van der Waals surface area contributed by atoms with Crippen LogP contribution in [0.1, 0.15) is 18.1 Å². The van der Waals surface area contributed by atoms with Gasteiger partial charge in [-0.3, -0.25) is 4.72 Å². The zero-order valence-corrected chi connectivity index (χ0v) is 15.5. The fourth-order valence-corrected chi connectivity index (χ4v) is 3.41. The zero-order valence-electron chi connectivity index (χ0n) is 14.7. The summed E-state index contributed by atoms with van der Waals surface area (Å²) < 4.78 is 40.8. The molecular weight excluding hydrogens is 367 g/mol. The van der Waals surface area contributed by atoms with E-state index in [0.717, 1.165) is 12.0 Å². The van der Waals surface area contributed by atoms with Gasteiger partial charge in [0, 0.05) is 12.1 Å². The largest absolute Gasteiger partial charge is 0.364 e. The third-order valence-electron chi connectivity index (χ3n) is 3.96. The summed E-state index contributed by atoms with van der Waals surface area (Å²) in [6.45, 7) is 2.25. The Hall–Kier alpha value is -3.00. The molecule has 0 radical (unpaired) electrons. The Morgan fingerprint density at radius 1 is 0.926 bits per heavy atom. The van der Waals surface area contributed by atoms with Crippen LogP contribution in [0.4, 0.5) is 16.0 Å². The van der Waals surface area contributed by atoms with Crippen LogP contribution in [0.5, 0.6) is 0 Å². The Labute approximate surface area is 157 Å². The summed E-state index contributed by atoms with van der Waals surface area (Å²) in [6.07, 6.45) is 0.834. The molecule has 0 saturated carbocycles. The number of hydrogen-bond donors (Lipinski definition) is 2. The number of sulfonamides is 1. The van der Waals surface area contributed by atoms with Crippen molar-refractivity contribution in [1.82, 2.24) is 10.2 Å². The first-order valence-corrected chi connectivity index (χ1v) is 9.89. The lowest BCUT2D eigenvalue weighted by atomic mass is 10.2. The molecule has 27 heavy (non-hydrogen) atoms. The topological polar surface area (TPSA) is 84.0 Å². The summed E-state index contributed by atoms with van der Waals surface area (Å²) in [6, 6.07) is 16.1. The van der Waals surface area contributed by atoms with Crippen molar-refractivity contribution in [3.8, 4) is 0 Å². The van der Waals surface area contributed by atoms with E-state index in [1.807, 2.05) is 6.92 Å². The average molecular weight is 386 g/mol. The number of aromatic nitrogens is 2. The number of halogens is 1. The fourth-order valence-electron chi connectivity index (χ4n) is 2.41. The molecule has 8 heteroatoms. The molecule has 0 fully saturated rings. The van der Waals surface area contributed by atoms with E-state index >= 15 is 0 Å². The van der Waals surface area contributed by atoms with Gasteiger partial charge in [0.05, 0.1) is 4.90 Å². The van der Waals surface area contributed by atoms with Crippen LogP contribution >= 0.6 is 0 Å². The maximum Gasteiger partial charge on any atom is 0.263 e. The van der Waals surface area contributed by atoms with E-state index in [1.165, 1.54) is 12.1 Å². The highest BCUT2D eigenvalue weighted by molar-refractivity contribution is 7.92. The van der Waals surface area contributed by atoms with Gasteiger partial charge in [-0.1, -0.05) is 37.3 Å². The van der Waals surface area contributed by atoms with E-state index in [2.05, 4.69) is 20.2 Å². The standard InChI is InChI=1S/C19H19FN4O2S/c1-2-14-7-9-16(10-8-14)27(25,26)24-19-12-11-18(22-23-19)21-13-15-5-3-4-6-17(15)20/h3-12H,2,13H2,1H3,(H,21,22)(H,23,24). The number of rotatable bonds is 7. The quantitative estimate of drug-likeness (QED) is 0.648. The van der Waals surface area contributed by atoms with Crippen LogP contribution in [0.2, 0.25) is 0 Å². The average Bonchev–Trinajstić information content (AvgIpc) is 2.68. The molecule has 0 atom stereocenters. The number of aryl methyl sites for hydroxylation is 1. The molecule has 0 aliphatic carbocycles. The number of nitrogens with zero attached hydrogens (tertiary/aromatic N) is 2. The molecular formula is C19H19FN4O2S. The number of hydrogen-bond acceptors (Lipinski definition) is 5. The predicted octanol–water partition coefficient (Wildman–Crippen LogP) is 3.59. The van der Waals surface area contributed by atoms with Crippen molar-refractivity contribution >= 4 is 21.7 Å². The molecule has 3 aromatic rings. The zero-order chi connectivity index (χ0) is 19.3. The molecule has 140 valence electrons. The maximum absolute atomic E-state index is 13.6. The summed E-state index contributed by atoms with van der Waals surface area (Å²) in [5.74, 6) is 0.205. The number of anilines is 2. The third kappa shape index (κ3) is 4.79. The lowest BCUT2D eigenvalue weighted by Gasteiger charge is -2.09. The molecule has 0 saturated heterocycles. The summed E-state index contributed by atoms with van der Waals surface area (Å²) in [7, 11) is -3.73. The second-order valence-electron chi connectivity index (χ2n) is 5.85. The second kappa shape index (κ2) is 8.13. The number of nitrogens with one attached hydrogen (secondary N) is 2. The molecule has 3 rings (SSSR count). The fraction of sp³-hybridized carbons (Fsp3) is 0.158. The van der Waals surface area contributed by atoms with Gasteiger partial charge in [0.25, 0.3) is 10.0 Å². The van der Waals surface area contributed by atoms with Gasteiger partial charge in [0.15, 0.2) is 5.82 Å². The van der Waals surface area contributed by atoms with Crippen LogP contribution in [0.3, 0.4) is 0 Å². The van der Waals surface area contributed by atoms with Gasteiger partial charge < -0.3 is 5.32 Å². The first-order valence-electron chi connectivity index (χ1n) is 8.40. The summed E-state index contributed by atoms with van der Waals surface area (Å²) in [5.41, 5.74) is 1.55. The van der Waals surface area contributed by atoms with Crippen LogP contribution in [0.25, 0.3) is 0 Å². The van der Waals surface area contributed by atoms with Crippen LogP contribution in [-0.4, -0.2) is 18.6 Å². The predicted molar refractivity (Wildman–Crippen MR) is 102 cm³/mol. The Bertz CT molecular complexity index is 1010. The van der Waals surface area contributed by atoms with E-state index < -0.39 is 10.0 Å². The van der Waals surface area contributed by atoms with E-state index in [-0.39, 0.29) is 23.1 Å². The van der Waals surface area contributed by atoms with Gasteiger partial charge in [-0.15, -0.1) is 10.2 Å². The third-order valence-corrected chi connectivity index (χ3v) is 5.33. The smallest absolute Gasteiger partial charge is 0.263 e. The maximum atomic E-state index is 13.6. The molecule has 6 nitrogen and oxygen atoms in total. The minimum atomic E-state index is -3.73. The summed E-state index contributed by atoms with van der Waals surface area (Å²) in [5, 5.41) is 10.7. The lowest BCUT2D eigenvalue weighted by Crippen LogP contribution is -2.14. The highest BCUT2D eigenvalue weighted by Crippen LogP contribution is 2.16. The highest BCUT2D eigenvalue weighted by Gasteiger charge is 2.15. The lowest BCUT2D eigenvalue weighted by molar-refractivity contribution is 0.601. The molecule has 0 unspecified atom stereocenters. The van der Waals surface area contributed by atoms with E-state index in [1.54, 1.807) is 48.5 Å². The molecule has 2 aromatic carbocycles. The van der Waals surface area contributed by atoms with Crippen molar-refractivity contribution in [3.63, 3.8) is 0 Å². The normalized spacial score (nSPS) is 11.2. The summed E-state index contributed by atoms with van der Waals surface area (Å²) in [4.78, 5) is 0.156. The first kappa shape index (κ1) is 18.8. The Kier molecular flexibility index (Phi) is 5.66. The van der Waals surface area contributed by atoms with Crippen molar-refractivity contribution in [1.29, 1.82) is 0 Å². The van der Waals surface area contributed by atoms with Crippen LogP contribution < -0.4 is 10.0 Å². The van der Waals surface area contributed by atoms with Gasteiger partial charge in [0.1, 0.15) is 11.6 Å². The van der Waals surface area contributed by atoms with Crippen molar-refractivity contribution in [3.05, 3.63) is 77.6 Å². The van der Waals surface area contributed by atoms with Crippen molar-refractivity contribution in [2.75, 3.05) is 10.0 Å². The molecule has 1 aromatic heterocycles. The van der Waals surface area contributed by atoms with E-state index in [4.69, 9.17) is 0 Å². The number of benzene rings is 2. The Morgan fingerprint density at radius 2 is 1.59 bits per heavy atom. The van der Waals surface area contributed by atoms with Crippen molar-refractivity contribution in [2.45, 2.75) is 24.8 Å². The molecule has 0 amide bonds. The van der Waals surface area contributed by atoms with Gasteiger partial charge >= 0.3 is 0 Å². The van der Waals surface area contributed by atoms with Gasteiger partial charge in [-0.25, -0.2) is 12.8 Å². The van der Waals surface area contributed by atoms with Crippen molar-refractivity contribution < 1.29 is 12.8 Å². The van der Waals surface area contributed by atoms with Crippen LogP contribution in [-0.2, 0) is 23.0 Å². The first-order chi connectivity index (χ1) is 13.0.